The number of hydrogen-bond acceptors (Lipinski definition) is 6. The lowest BCUT2D eigenvalue weighted by Crippen LogP contribution is -2.36. The molecule has 172 valence electrons. The van der Waals surface area contributed by atoms with E-state index in [0.717, 1.165) is 53.2 Å². The van der Waals surface area contributed by atoms with Crippen molar-refractivity contribution in [3.05, 3.63) is 34.8 Å². The lowest BCUT2D eigenvalue weighted by atomic mass is 10.1. The van der Waals surface area contributed by atoms with E-state index in [9.17, 15) is 0 Å². The monoisotopic (exact) mass is 559 g/mol. The smallest absolute Gasteiger partial charge is 0.191 e. The highest BCUT2D eigenvalue weighted by Gasteiger charge is 2.20. The summed E-state index contributed by atoms with van der Waals surface area (Å²) in [6.45, 7) is 3.98. The van der Waals surface area contributed by atoms with Gasteiger partial charge in [0.15, 0.2) is 22.6 Å². The van der Waals surface area contributed by atoms with Crippen LogP contribution in [0.3, 0.4) is 0 Å². The molecule has 0 aliphatic heterocycles. The molecule has 1 aliphatic rings. The molecule has 7 nitrogen and oxygen atoms in total. The molecule has 9 heteroatoms. The average molecular weight is 560 g/mol. The topological polar surface area (TPSA) is 71.0 Å². The fourth-order valence-corrected chi connectivity index (χ4v) is 4.17. The highest BCUT2D eigenvalue weighted by molar-refractivity contribution is 14.0. The third kappa shape index (κ3) is 7.41. The first-order chi connectivity index (χ1) is 14.6. The van der Waals surface area contributed by atoms with E-state index in [2.05, 4.69) is 34.0 Å². The lowest BCUT2D eigenvalue weighted by molar-refractivity contribution is 0.198. The molecule has 0 bridgehead atoms. The number of thiazole rings is 1. The summed E-state index contributed by atoms with van der Waals surface area (Å²) in [5.74, 6) is 2.35. The van der Waals surface area contributed by atoms with E-state index in [1.807, 2.05) is 31.1 Å². The van der Waals surface area contributed by atoms with Gasteiger partial charge in [0.25, 0.3) is 0 Å². The molecular weight excluding hydrogens is 525 g/mol. The van der Waals surface area contributed by atoms with Crippen LogP contribution < -0.4 is 25.0 Å². The van der Waals surface area contributed by atoms with E-state index in [-0.39, 0.29) is 30.1 Å². The summed E-state index contributed by atoms with van der Waals surface area (Å²) in [5.41, 5.74) is 2.03. The fraction of sp³-hybridized carbons (Fsp3) is 0.545. The molecule has 0 amide bonds. The highest BCUT2D eigenvalue weighted by atomic mass is 127. The third-order valence-electron chi connectivity index (χ3n) is 4.98. The van der Waals surface area contributed by atoms with E-state index in [4.69, 9.17) is 14.5 Å². The number of methoxy groups -OCH3 is 1. The number of anilines is 1. The summed E-state index contributed by atoms with van der Waals surface area (Å²) in [4.78, 5) is 11.4. The minimum Gasteiger partial charge on any atom is -0.493 e. The lowest BCUT2D eigenvalue weighted by Gasteiger charge is -2.19. The zero-order valence-corrected chi connectivity index (χ0v) is 22.0. The molecule has 0 unspecified atom stereocenters. The molecule has 1 aromatic heterocycles. The first-order valence-corrected chi connectivity index (χ1v) is 11.4. The molecule has 2 aromatic rings. The predicted octanol–water partition coefficient (Wildman–Crippen LogP) is 4.41. The summed E-state index contributed by atoms with van der Waals surface area (Å²) < 4.78 is 11.9. The quantitative estimate of drug-likeness (QED) is 0.270. The first kappa shape index (κ1) is 25.5. The number of aliphatic imine (C=N–C) groups is 1. The number of halogens is 1. The van der Waals surface area contributed by atoms with Crippen LogP contribution in [0.5, 0.6) is 11.5 Å². The summed E-state index contributed by atoms with van der Waals surface area (Å²) in [6, 6.07) is 6.00. The van der Waals surface area contributed by atoms with Gasteiger partial charge in [-0.2, -0.15) is 0 Å². The molecule has 0 spiro atoms. The number of nitrogens with one attached hydrogen (secondary N) is 2. The van der Waals surface area contributed by atoms with Crippen LogP contribution in [0.15, 0.2) is 28.6 Å². The summed E-state index contributed by atoms with van der Waals surface area (Å²) in [5, 5.41) is 9.75. The maximum Gasteiger partial charge on any atom is 0.191 e. The Hall–Kier alpha value is -1.75. The number of para-hydroxylation sites is 1. The molecule has 1 fully saturated rings. The Kier molecular flexibility index (Phi) is 10.7. The first-order valence-electron chi connectivity index (χ1n) is 10.6. The van der Waals surface area contributed by atoms with Gasteiger partial charge in [-0.25, -0.2) is 9.98 Å². The van der Waals surface area contributed by atoms with Crippen LogP contribution in [0.4, 0.5) is 5.13 Å². The summed E-state index contributed by atoms with van der Waals surface area (Å²) >= 11 is 1.64. The molecule has 1 aliphatic carbocycles. The number of aromatic nitrogens is 1. The van der Waals surface area contributed by atoms with Crippen LogP contribution in [-0.2, 0) is 13.1 Å². The Morgan fingerprint density at radius 3 is 2.68 bits per heavy atom. The maximum absolute atomic E-state index is 6.33. The second-order valence-electron chi connectivity index (χ2n) is 7.54. The molecular formula is C22H34IN5O2S. The van der Waals surface area contributed by atoms with E-state index >= 15 is 0 Å². The molecule has 2 N–H and O–H groups in total. The van der Waals surface area contributed by atoms with Crippen molar-refractivity contribution in [2.45, 2.75) is 51.8 Å². The molecule has 31 heavy (non-hydrogen) atoms. The number of hydrogen-bond donors (Lipinski definition) is 2. The molecule has 3 rings (SSSR count). The molecule has 1 heterocycles. The maximum atomic E-state index is 6.33. The standard InChI is InChI=1S/C22H33N5O2S.HI/c1-5-23-21(25-14-17-15-30-22(26-17)27(2)3)24-13-16-9-8-12-19(28-4)20(16)29-18-10-6-7-11-18;/h8-9,12,15,18H,5-7,10-11,13-14H2,1-4H3,(H2,23,24,25);1H. The van der Waals surface area contributed by atoms with Crippen LogP contribution in [-0.4, -0.2) is 44.8 Å². The van der Waals surface area contributed by atoms with Crippen molar-refractivity contribution in [1.29, 1.82) is 0 Å². The van der Waals surface area contributed by atoms with E-state index < -0.39 is 0 Å². The summed E-state index contributed by atoms with van der Waals surface area (Å²) in [7, 11) is 5.69. The number of rotatable bonds is 9. The summed E-state index contributed by atoms with van der Waals surface area (Å²) in [6.07, 6.45) is 4.94. The van der Waals surface area contributed by atoms with Gasteiger partial charge in [0, 0.05) is 31.6 Å². The van der Waals surface area contributed by atoms with Crippen molar-refractivity contribution in [2.75, 3.05) is 32.6 Å². The van der Waals surface area contributed by atoms with Crippen molar-refractivity contribution in [1.82, 2.24) is 15.6 Å². The zero-order valence-electron chi connectivity index (χ0n) is 18.8. The number of ether oxygens (including phenoxy) is 2. The van der Waals surface area contributed by atoms with Gasteiger partial charge in [-0.05, 0) is 38.7 Å². The Morgan fingerprint density at radius 2 is 2.03 bits per heavy atom. The largest absolute Gasteiger partial charge is 0.493 e. The molecule has 0 radical (unpaired) electrons. The number of benzene rings is 1. The normalized spacial score (nSPS) is 14.1. The van der Waals surface area contributed by atoms with Crippen LogP contribution in [0.1, 0.15) is 43.9 Å². The van der Waals surface area contributed by atoms with Gasteiger partial charge < -0.3 is 25.0 Å². The van der Waals surface area contributed by atoms with Crippen molar-refractivity contribution in [3.8, 4) is 11.5 Å². The fourth-order valence-electron chi connectivity index (χ4n) is 3.42. The van der Waals surface area contributed by atoms with Crippen molar-refractivity contribution >= 4 is 46.4 Å². The van der Waals surface area contributed by atoms with Crippen molar-refractivity contribution in [2.24, 2.45) is 4.99 Å². The Balaban J connectivity index is 0.00000341. The second kappa shape index (κ2) is 12.9. The molecule has 1 saturated carbocycles. The molecule has 0 saturated heterocycles. The average Bonchev–Trinajstić information content (AvgIpc) is 3.43. The van der Waals surface area contributed by atoms with Gasteiger partial charge in [0.2, 0.25) is 0 Å². The van der Waals surface area contributed by atoms with Gasteiger partial charge in [-0.3, -0.25) is 0 Å². The minimum atomic E-state index is 0. The SMILES string of the molecule is CCNC(=NCc1cccc(OC)c1OC1CCCC1)NCc1csc(N(C)C)n1.I. The Bertz CT molecular complexity index is 837. The van der Waals surface area contributed by atoms with Crippen LogP contribution in [0.2, 0.25) is 0 Å². The van der Waals surface area contributed by atoms with Gasteiger partial charge in [0.05, 0.1) is 32.0 Å². The van der Waals surface area contributed by atoms with Crippen molar-refractivity contribution in [3.63, 3.8) is 0 Å². The van der Waals surface area contributed by atoms with E-state index in [1.54, 1.807) is 18.4 Å². The van der Waals surface area contributed by atoms with Gasteiger partial charge in [0.1, 0.15) is 0 Å². The molecule has 1 aromatic carbocycles. The Labute approximate surface area is 206 Å². The molecule has 0 atom stereocenters. The second-order valence-corrected chi connectivity index (χ2v) is 8.37. The van der Waals surface area contributed by atoms with Crippen LogP contribution >= 0.6 is 35.3 Å². The van der Waals surface area contributed by atoms with E-state index in [1.165, 1.54) is 12.8 Å². The van der Waals surface area contributed by atoms with Gasteiger partial charge >= 0.3 is 0 Å². The predicted molar refractivity (Wildman–Crippen MR) is 139 cm³/mol. The number of nitrogens with zero attached hydrogens (tertiary/aromatic N) is 3. The van der Waals surface area contributed by atoms with E-state index in [0.29, 0.717) is 13.1 Å². The Morgan fingerprint density at radius 1 is 1.26 bits per heavy atom. The zero-order chi connectivity index (χ0) is 21.3. The van der Waals surface area contributed by atoms with Gasteiger partial charge in [-0.1, -0.05) is 12.1 Å². The van der Waals surface area contributed by atoms with Crippen molar-refractivity contribution < 1.29 is 9.47 Å². The van der Waals surface area contributed by atoms with Crippen LogP contribution in [0, 0.1) is 0 Å². The number of guanidine groups is 1. The third-order valence-corrected chi connectivity index (χ3v) is 6.04. The highest BCUT2D eigenvalue weighted by Crippen LogP contribution is 2.35. The minimum absolute atomic E-state index is 0. The van der Waals surface area contributed by atoms with Gasteiger partial charge in [-0.15, -0.1) is 35.3 Å². The van der Waals surface area contributed by atoms with Crippen LogP contribution in [0.25, 0.3) is 0 Å².